The van der Waals surface area contributed by atoms with Crippen LogP contribution in [0.3, 0.4) is 0 Å². The topological polar surface area (TPSA) is 35.5 Å². The molecule has 0 aliphatic carbocycles. The van der Waals surface area contributed by atoms with Crippen LogP contribution in [0.25, 0.3) is 0 Å². The molecule has 0 unspecified atom stereocenters. The highest BCUT2D eigenvalue weighted by Crippen LogP contribution is 2.26. The fraction of sp³-hybridized carbons (Fsp3) is 0.562. The number of carbonyl (C=O) groups is 1. The molecule has 0 amide bonds. The maximum absolute atomic E-state index is 11.7. The van der Waals surface area contributed by atoms with Gasteiger partial charge in [0.15, 0.2) is 0 Å². The van der Waals surface area contributed by atoms with Gasteiger partial charge in [0.25, 0.3) is 0 Å². The molecular weight excluding hydrogens is 240 g/mol. The van der Waals surface area contributed by atoms with Gasteiger partial charge in [0, 0.05) is 6.42 Å². The Hall–Kier alpha value is -1.51. The summed E-state index contributed by atoms with van der Waals surface area (Å²) in [5, 5.41) is 0. The van der Waals surface area contributed by atoms with Crippen molar-refractivity contribution in [3.8, 4) is 5.75 Å². The van der Waals surface area contributed by atoms with Crippen molar-refractivity contribution in [2.24, 2.45) is 5.92 Å². The Kier molecular flexibility index (Phi) is 5.25. The number of hydrogen-bond acceptors (Lipinski definition) is 3. The number of esters is 1. The zero-order valence-electron chi connectivity index (χ0n) is 11.5. The van der Waals surface area contributed by atoms with Crippen LogP contribution in [0.5, 0.6) is 5.75 Å². The lowest BCUT2D eigenvalue weighted by atomic mass is 9.98. The average Bonchev–Trinajstić information content (AvgIpc) is 2.79. The predicted molar refractivity (Wildman–Crippen MR) is 74.1 cm³/mol. The van der Waals surface area contributed by atoms with Crippen LogP contribution in [0.4, 0.5) is 0 Å². The third-order valence-electron chi connectivity index (χ3n) is 3.50. The zero-order valence-corrected chi connectivity index (χ0v) is 11.5. The van der Waals surface area contributed by atoms with Crippen LogP contribution in [-0.2, 0) is 9.53 Å². The number of unbranched alkanes of at least 4 members (excludes halogenated alkanes) is 2. The first-order valence-corrected chi connectivity index (χ1v) is 7.18. The number of rotatable bonds is 7. The van der Waals surface area contributed by atoms with Crippen molar-refractivity contribution < 1.29 is 14.3 Å². The lowest BCUT2D eigenvalue weighted by Gasteiger charge is -2.10. The first-order chi connectivity index (χ1) is 9.29. The van der Waals surface area contributed by atoms with E-state index in [1.165, 1.54) is 12.8 Å². The van der Waals surface area contributed by atoms with Crippen LogP contribution in [0.15, 0.2) is 30.3 Å². The molecule has 1 aromatic rings. The molecule has 1 fully saturated rings. The summed E-state index contributed by atoms with van der Waals surface area (Å²) in [7, 11) is 0. The van der Waals surface area contributed by atoms with Crippen LogP contribution in [0.1, 0.15) is 39.0 Å². The fourth-order valence-corrected chi connectivity index (χ4v) is 2.41. The van der Waals surface area contributed by atoms with Gasteiger partial charge in [0.05, 0.1) is 5.92 Å². The van der Waals surface area contributed by atoms with Crippen molar-refractivity contribution in [1.29, 1.82) is 0 Å². The Morgan fingerprint density at radius 2 is 2.05 bits per heavy atom. The number of benzene rings is 1. The second kappa shape index (κ2) is 7.17. The van der Waals surface area contributed by atoms with E-state index in [-0.39, 0.29) is 18.0 Å². The SMILES string of the molecule is CCCCC[C@@H]1C[C@@H](COc2ccccc2)OC1=O. The largest absolute Gasteiger partial charge is 0.490 e. The van der Waals surface area contributed by atoms with Gasteiger partial charge in [-0.25, -0.2) is 0 Å². The van der Waals surface area contributed by atoms with Crippen molar-refractivity contribution >= 4 is 5.97 Å². The number of hydrogen-bond donors (Lipinski definition) is 0. The normalized spacial score (nSPS) is 22.3. The van der Waals surface area contributed by atoms with E-state index in [1.807, 2.05) is 30.3 Å². The summed E-state index contributed by atoms with van der Waals surface area (Å²) >= 11 is 0. The number of carbonyl (C=O) groups excluding carboxylic acids is 1. The monoisotopic (exact) mass is 262 g/mol. The van der Waals surface area contributed by atoms with E-state index < -0.39 is 0 Å². The lowest BCUT2D eigenvalue weighted by molar-refractivity contribution is -0.145. The zero-order chi connectivity index (χ0) is 13.5. The molecule has 0 N–H and O–H groups in total. The predicted octanol–water partition coefficient (Wildman–Crippen LogP) is 3.58. The van der Waals surface area contributed by atoms with Gasteiger partial charge < -0.3 is 9.47 Å². The van der Waals surface area contributed by atoms with E-state index in [9.17, 15) is 4.79 Å². The van der Waals surface area contributed by atoms with Gasteiger partial charge in [-0.15, -0.1) is 0 Å². The molecule has 3 nitrogen and oxygen atoms in total. The standard InChI is InChI=1S/C16H22O3/c1-2-3-5-8-13-11-15(19-16(13)17)12-18-14-9-6-4-7-10-14/h4,6-7,9-10,13,15H,2-3,5,8,11-12H2,1H3/t13-,15+/m1/s1. The van der Waals surface area contributed by atoms with Crippen molar-refractivity contribution in [3.05, 3.63) is 30.3 Å². The summed E-state index contributed by atoms with van der Waals surface area (Å²) in [5.74, 6) is 0.863. The molecule has 1 aliphatic heterocycles. The van der Waals surface area contributed by atoms with Crippen molar-refractivity contribution in [2.45, 2.75) is 45.1 Å². The summed E-state index contributed by atoms with van der Waals surface area (Å²) in [4.78, 5) is 11.7. The van der Waals surface area contributed by atoms with E-state index in [4.69, 9.17) is 9.47 Å². The molecule has 3 heteroatoms. The Labute approximate surface area is 114 Å². The molecule has 19 heavy (non-hydrogen) atoms. The van der Waals surface area contributed by atoms with Crippen molar-refractivity contribution in [1.82, 2.24) is 0 Å². The van der Waals surface area contributed by atoms with Crippen molar-refractivity contribution in [3.63, 3.8) is 0 Å². The number of ether oxygens (including phenoxy) is 2. The van der Waals surface area contributed by atoms with Crippen LogP contribution >= 0.6 is 0 Å². The van der Waals surface area contributed by atoms with Gasteiger partial charge in [0.1, 0.15) is 18.5 Å². The Bertz CT molecular complexity index is 388. The van der Waals surface area contributed by atoms with E-state index in [2.05, 4.69) is 6.92 Å². The van der Waals surface area contributed by atoms with Crippen LogP contribution < -0.4 is 4.74 Å². The highest BCUT2D eigenvalue weighted by molar-refractivity contribution is 5.74. The summed E-state index contributed by atoms with van der Waals surface area (Å²) in [5.41, 5.74) is 0. The van der Waals surface area contributed by atoms with Gasteiger partial charge >= 0.3 is 5.97 Å². The first kappa shape index (κ1) is 13.9. The summed E-state index contributed by atoms with van der Waals surface area (Å²) in [6.07, 6.45) is 5.16. The molecule has 0 spiro atoms. The summed E-state index contributed by atoms with van der Waals surface area (Å²) in [6.45, 7) is 2.63. The number of cyclic esters (lactones) is 1. The second-order valence-electron chi connectivity index (χ2n) is 5.11. The molecule has 0 bridgehead atoms. The first-order valence-electron chi connectivity index (χ1n) is 7.18. The lowest BCUT2D eigenvalue weighted by Crippen LogP contribution is -2.17. The molecule has 0 saturated carbocycles. The minimum Gasteiger partial charge on any atom is -0.490 e. The maximum Gasteiger partial charge on any atom is 0.309 e. The molecule has 1 saturated heterocycles. The molecule has 0 radical (unpaired) electrons. The summed E-state index contributed by atoms with van der Waals surface area (Å²) in [6, 6.07) is 9.64. The van der Waals surface area contributed by atoms with Gasteiger partial charge in [0.2, 0.25) is 0 Å². The van der Waals surface area contributed by atoms with Crippen LogP contribution in [-0.4, -0.2) is 18.7 Å². The van der Waals surface area contributed by atoms with E-state index >= 15 is 0 Å². The summed E-state index contributed by atoms with van der Waals surface area (Å²) < 4.78 is 11.0. The Morgan fingerprint density at radius 3 is 2.79 bits per heavy atom. The van der Waals surface area contributed by atoms with Gasteiger partial charge in [-0.1, -0.05) is 44.4 Å². The van der Waals surface area contributed by atoms with E-state index in [0.717, 1.165) is 25.0 Å². The molecule has 1 heterocycles. The van der Waals surface area contributed by atoms with Gasteiger partial charge in [-0.05, 0) is 18.6 Å². The third-order valence-corrected chi connectivity index (χ3v) is 3.50. The van der Waals surface area contributed by atoms with Crippen LogP contribution in [0, 0.1) is 5.92 Å². The van der Waals surface area contributed by atoms with E-state index in [1.54, 1.807) is 0 Å². The molecule has 104 valence electrons. The second-order valence-corrected chi connectivity index (χ2v) is 5.11. The molecule has 2 atom stereocenters. The highest BCUT2D eigenvalue weighted by atomic mass is 16.6. The van der Waals surface area contributed by atoms with Crippen molar-refractivity contribution in [2.75, 3.05) is 6.61 Å². The number of para-hydroxylation sites is 1. The van der Waals surface area contributed by atoms with Gasteiger partial charge in [-0.3, -0.25) is 4.79 Å². The fourth-order valence-electron chi connectivity index (χ4n) is 2.41. The minimum atomic E-state index is -0.0840. The smallest absolute Gasteiger partial charge is 0.309 e. The maximum atomic E-state index is 11.7. The Balaban J connectivity index is 1.73. The molecule has 0 aromatic heterocycles. The highest BCUT2D eigenvalue weighted by Gasteiger charge is 2.34. The molecule has 1 aliphatic rings. The van der Waals surface area contributed by atoms with Gasteiger partial charge in [-0.2, -0.15) is 0 Å². The minimum absolute atomic E-state index is 0.0437. The third kappa shape index (κ3) is 4.27. The van der Waals surface area contributed by atoms with Crippen LogP contribution in [0.2, 0.25) is 0 Å². The molecule has 1 aromatic carbocycles. The molecule has 2 rings (SSSR count). The average molecular weight is 262 g/mol. The Morgan fingerprint density at radius 1 is 1.26 bits per heavy atom. The quantitative estimate of drug-likeness (QED) is 0.556. The molecular formula is C16H22O3. The van der Waals surface area contributed by atoms with E-state index in [0.29, 0.717) is 6.61 Å².